The molecule has 0 amide bonds. The summed E-state index contributed by atoms with van der Waals surface area (Å²) < 4.78 is 26.6. The zero-order valence-corrected chi connectivity index (χ0v) is 13.0. The van der Waals surface area contributed by atoms with Gasteiger partial charge in [0, 0.05) is 12.1 Å². The maximum atomic E-state index is 13.3. The molecule has 21 heavy (non-hydrogen) atoms. The fourth-order valence-corrected chi connectivity index (χ4v) is 2.55. The Hall–Kier alpha value is -1.16. The van der Waals surface area contributed by atoms with Crippen LogP contribution in [0.1, 0.15) is 24.1 Å². The van der Waals surface area contributed by atoms with Crippen molar-refractivity contribution in [2.45, 2.75) is 19.4 Å². The van der Waals surface area contributed by atoms with E-state index < -0.39 is 11.6 Å². The van der Waals surface area contributed by atoms with E-state index in [-0.39, 0.29) is 6.04 Å². The largest absolute Gasteiger partial charge is 0.310 e. The molecule has 0 fully saturated rings. The number of hydrogen-bond donors (Lipinski definition) is 1. The highest BCUT2D eigenvalue weighted by atomic mass is 35.5. The van der Waals surface area contributed by atoms with Gasteiger partial charge in [0.1, 0.15) is 11.6 Å². The van der Waals surface area contributed by atoms with E-state index in [2.05, 4.69) is 5.32 Å². The first-order chi connectivity index (χ1) is 9.99. The molecule has 0 heterocycles. The lowest BCUT2D eigenvalue weighted by Gasteiger charge is -2.19. The quantitative estimate of drug-likeness (QED) is 0.798. The molecule has 2 rings (SSSR count). The summed E-state index contributed by atoms with van der Waals surface area (Å²) >= 11 is 11.9. The summed E-state index contributed by atoms with van der Waals surface area (Å²) in [5.41, 5.74) is 1.51. The molecule has 1 atom stereocenters. The van der Waals surface area contributed by atoms with Crippen LogP contribution in [0.3, 0.4) is 0 Å². The lowest BCUT2D eigenvalue weighted by molar-refractivity contribution is 0.539. The Labute approximate surface area is 132 Å². The number of rotatable bonds is 5. The van der Waals surface area contributed by atoms with Gasteiger partial charge in [0.05, 0.1) is 10.0 Å². The molecule has 0 aliphatic heterocycles. The molecule has 0 aliphatic carbocycles. The molecule has 1 N–H and O–H groups in total. The first-order valence-electron chi connectivity index (χ1n) is 6.63. The predicted octanol–water partition coefficient (Wildman–Crippen LogP) is 5.16. The van der Waals surface area contributed by atoms with Gasteiger partial charge in [0.25, 0.3) is 0 Å². The fourth-order valence-electron chi connectivity index (χ4n) is 2.25. The summed E-state index contributed by atoms with van der Waals surface area (Å²) in [7, 11) is 0. The van der Waals surface area contributed by atoms with Crippen molar-refractivity contribution in [2.24, 2.45) is 0 Å². The first-order valence-corrected chi connectivity index (χ1v) is 7.38. The van der Waals surface area contributed by atoms with E-state index in [9.17, 15) is 8.78 Å². The molecule has 0 saturated heterocycles. The summed E-state index contributed by atoms with van der Waals surface area (Å²) in [5, 5.41) is 4.23. The van der Waals surface area contributed by atoms with Gasteiger partial charge in [0.2, 0.25) is 0 Å². The molecule has 0 saturated carbocycles. The van der Waals surface area contributed by atoms with E-state index >= 15 is 0 Å². The molecule has 5 heteroatoms. The monoisotopic (exact) mass is 329 g/mol. The second-order valence-corrected chi connectivity index (χ2v) is 5.58. The number of nitrogens with one attached hydrogen (secondary N) is 1. The van der Waals surface area contributed by atoms with Crippen molar-refractivity contribution < 1.29 is 8.78 Å². The maximum Gasteiger partial charge on any atom is 0.126 e. The third-order valence-electron chi connectivity index (χ3n) is 3.16. The van der Waals surface area contributed by atoms with Gasteiger partial charge in [-0.05, 0) is 48.4 Å². The number of benzene rings is 2. The van der Waals surface area contributed by atoms with E-state index in [1.165, 1.54) is 12.1 Å². The zero-order chi connectivity index (χ0) is 15.4. The third kappa shape index (κ3) is 4.40. The van der Waals surface area contributed by atoms with Crippen LogP contribution in [0.15, 0.2) is 36.4 Å². The van der Waals surface area contributed by atoms with Crippen LogP contribution in [-0.2, 0) is 6.42 Å². The maximum absolute atomic E-state index is 13.3. The van der Waals surface area contributed by atoms with E-state index in [0.29, 0.717) is 22.0 Å². The third-order valence-corrected chi connectivity index (χ3v) is 3.90. The van der Waals surface area contributed by atoms with Gasteiger partial charge >= 0.3 is 0 Å². The predicted molar refractivity (Wildman–Crippen MR) is 82.9 cm³/mol. The van der Waals surface area contributed by atoms with Gasteiger partial charge in [-0.2, -0.15) is 0 Å². The number of hydrogen-bond acceptors (Lipinski definition) is 1. The molecule has 0 spiro atoms. The highest BCUT2D eigenvalue weighted by Crippen LogP contribution is 2.27. The molecule has 112 valence electrons. The highest BCUT2D eigenvalue weighted by Gasteiger charge is 2.14. The highest BCUT2D eigenvalue weighted by molar-refractivity contribution is 6.42. The SMILES string of the molecule is CCNC(Cc1cc(F)cc(F)c1)c1ccc(Cl)c(Cl)c1. The first kappa shape index (κ1) is 16.2. The second kappa shape index (κ2) is 7.21. The van der Waals surface area contributed by atoms with Crippen molar-refractivity contribution in [3.05, 3.63) is 69.2 Å². The average molecular weight is 330 g/mol. The Balaban J connectivity index is 2.27. The van der Waals surface area contributed by atoms with E-state index in [0.717, 1.165) is 18.2 Å². The minimum absolute atomic E-state index is 0.0917. The topological polar surface area (TPSA) is 12.0 Å². The number of likely N-dealkylation sites (N-methyl/N-ethyl adjacent to an activating group) is 1. The van der Waals surface area contributed by atoms with Crippen LogP contribution in [0, 0.1) is 11.6 Å². The van der Waals surface area contributed by atoms with Gasteiger partial charge in [0.15, 0.2) is 0 Å². The van der Waals surface area contributed by atoms with Gasteiger partial charge in [-0.25, -0.2) is 8.78 Å². The Bertz CT molecular complexity index is 611. The molecule has 2 aromatic rings. The van der Waals surface area contributed by atoms with Gasteiger partial charge in [-0.1, -0.05) is 36.2 Å². The molecular formula is C16H15Cl2F2N. The van der Waals surface area contributed by atoms with Gasteiger partial charge in [-0.15, -0.1) is 0 Å². The lowest BCUT2D eigenvalue weighted by Crippen LogP contribution is -2.23. The molecule has 0 aromatic heterocycles. The standard InChI is InChI=1S/C16H15Cl2F2N/c1-2-21-16(11-3-4-14(17)15(18)8-11)7-10-5-12(19)9-13(20)6-10/h3-6,8-9,16,21H,2,7H2,1H3. The van der Waals surface area contributed by atoms with Gasteiger partial charge in [-0.3, -0.25) is 0 Å². The minimum Gasteiger partial charge on any atom is -0.310 e. The molecule has 1 nitrogen and oxygen atoms in total. The van der Waals surface area contributed by atoms with Crippen LogP contribution in [0.25, 0.3) is 0 Å². The van der Waals surface area contributed by atoms with Crippen molar-refractivity contribution in [1.82, 2.24) is 5.32 Å². The van der Waals surface area contributed by atoms with Crippen LogP contribution in [-0.4, -0.2) is 6.54 Å². The molecule has 0 bridgehead atoms. The Morgan fingerprint density at radius 3 is 2.24 bits per heavy atom. The van der Waals surface area contributed by atoms with Crippen molar-refractivity contribution in [2.75, 3.05) is 6.54 Å². The fraction of sp³-hybridized carbons (Fsp3) is 0.250. The Kier molecular flexibility index (Phi) is 5.57. The molecule has 2 aromatic carbocycles. The smallest absolute Gasteiger partial charge is 0.126 e. The van der Waals surface area contributed by atoms with Crippen molar-refractivity contribution in [3.63, 3.8) is 0 Å². The van der Waals surface area contributed by atoms with Gasteiger partial charge < -0.3 is 5.32 Å². The number of halogens is 4. The second-order valence-electron chi connectivity index (χ2n) is 4.77. The van der Waals surface area contributed by atoms with Crippen LogP contribution in [0.5, 0.6) is 0 Å². The molecular weight excluding hydrogens is 315 g/mol. The van der Waals surface area contributed by atoms with Crippen LogP contribution in [0.2, 0.25) is 10.0 Å². The van der Waals surface area contributed by atoms with Crippen LogP contribution >= 0.6 is 23.2 Å². The van der Waals surface area contributed by atoms with E-state index in [4.69, 9.17) is 23.2 Å². The Morgan fingerprint density at radius 1 is 1.00 bits per heavy atom. The lowest BCUT2D eigenvalue weighted by atomic mass is 9.98. The molecule has 0 aliphatic rings. The van der Waals surface area contributed by atoms with E-state index in [1.54, 1.807) is 12.1 Å². The molecule has 0 radical (unpaired) electrons. The Morgan fingerprint density at radius 2 is 1.67 bits per heavy atom. The summed E-state index contributed by atoms with van der Waals surface area (Å²) in [6.45, 7) is 2.69. The zero-order valence-electron chi connectivity index (χ0n) is 11.5. The summed E-state index contributed by atoms with van der Waals surface area (Å²) in [5.74, 6) is -1.15. The van der Waals surface area contributed by atoms with Crippen LogP contribution < -0.4 is 5.32 Å². The van der Waals surface area contributed by atoms with Crippen LogP contribution in [0.4, 0.5) is 8.78 Å². The molecule has 1 unspecified atom stereocenters. The normalized spacial score (nSPS) is 12.4. The van der Waals surface area contributed by atoms with Crippen molar-refractivity contribution in [3.8, 4) is 0 Å². The summed E-state index contributed by atoms with van der Waals surface area (Å²) in [4.78, 5) is 0. The van der Waals surface area contributed by atoms with E-state index in [1.807, 2.05) is 13.0 Å². The van der Waals surface area contributed by atoms with Crippen molar-refractivity contribution >= 4 is 23.2 Å². The summed E-state index contributed by atoms with van der Waals surface area (Å²) in [6.07, 6.45) is 0.459. The minimum atomic E-state index is -0.575. The summed E-state index contributed by atoms with van der Waals surface area (Å²) in [6, 6.07) is 8.80. The average Bonchev–Trinajstić information content (AvgIpc) is 2.40. The van der Waals surface area contributed by atoms with Crippen molar-refractivity contribution in [1.29, 1.82) is 0 Å².